The number of furan rings is 1. The Morgan fingerprint density at radius 1 is 0.512 bits per heavy atom. The second-order valence-corrected chi connectivity index (χ2v) is 11.6. The Bertz CT molecular complexity index is 2000. The third kappa shape index (κ3) is 4.81. The standard InChI is InChI=1S/C38H32N2O/c1-38(2,3)28-14-18-32(19-15-28)40(31-11-5-4-6-12-31)33-20-22-36-35(25-33)34-21-17-30(24-37(34)41-36)39-29-16-13-26-9-7-8-10-27(26)23-29/h4-25,39H,1-3H3. The van der Waals surface area contributed by atoms with E-state index in [0.29, 0.717) is 0 Å². The highest BCUT2D eigenvalue weighted by atomic mass is 16.3. The maximum atomic E-state index is 6.34. The molecule has 0 saturated heterocycles. The van der Waals surface area contributed by atoms with Gasteiger partial charge in [-0.15, -0.1) is 0 Å². The van der Waals surface area contributed by atoms with Gasteiger partial charge in [-0.2, -0.15) is 0 Å². The summed E-state index contributed by atoms with van der Waals surface area (Å²) in [4.78, 5) is 2.31. The summed E-state index contributed by atoms with van der Waals surface area (Å²) >= 11 is 0. The van der Waals surface area contributed by atoms with E-state index < -0.39 is 0 Å². The van der Waals surface area contributed by atoms with Crippen LogP contribution in [0.3, 0.4) is 0 Å². The lowest BCUT2D eigenvalue weighted by atomic mass is 9.87. The molecule has 0 radical (unpaired) electrons. The van der Waals surface area contributed by atoms with Gasteiger partial charge in [-0.1, -0.05) is 81.4 Å². The van der Waals surface area contributed by atoms with Crippen molar-refractivity contribution in [3.05, 3.63) is 139 Å². The third-order valence-corrected chi connectivity index (χ3v) is 7.76. The zero-order valence-corrected chi connectivity index (χ0v) is 23.6. The SMILES string of the molecule is CC(C)(C)c1ccc(N(c2ccccc2)c2ccc3oc4cc(Nc5ccc6ccccc6c5)ccc4c3c2)cc1. The largest absolute Gasteiger partial charge is 0.456 e. The van der Waals surface area contributed by atoms with Crippen LogP contribution < -0.4 is 10.2 Å². The van der Waals surface area contributed by atoms with E-state index in [0.717, 1.165) is 50.4 Å². The molecule has 200 valence electrons. The van der Waals surface area contributed by atoms with Crippen LogP contribution in [0.4, 0.5) is 28.4 Å². The van der Waals surface area contributed by atoms with Crippen molar-refractivity contribution in [2.45, 2.75) is 26.2 Å². The van der Waals surface area contributed by atoms with E-state index in [1.165, 1.54) is 16.3 Å². The van der Waals surface area contributed by atoms with E-state index in [9.17, 15) is 0 Å². The number of para-hydroxylation sites is 1. The number of fused-ring (bicyclic) bond motifs is 4. The Hall–Kier alpha value is -5.02. The zero-order valence-electron chi connectivity index (χ0n) is 23.6. The molecule has 1 heterocycles. The van der Waals surface area contributed by atoms with Gasteiger partial charge in [0, 0.05) is 45.3 Å². The molecule has 3 heteroatoms. The summed E-state index contributed by atoms with van der Waals surface area (Å²) in [5.41, 5.74) is 8.54. The molecule has 1 aromatic heterocycles. The summed E-state index contributed by atoms with van der Waals surface area (Å²) in [6, 6.07) is 47.1. The van der Waals surface area contributed by atoms with Crippen molar-refractivity contribution in [3.8, 4) is 0 Å². The van der Waals surface area contributed by atoms with Gasteiger partial charge in [0.2, 0.25) is 0 Å². The molecular formula is C38H32N2O. The van der Waals surface area contributed by atoms with Gasteiger partial charge in [-0.05, 0) is 88.5 Å². The van der Waals surface area contributed by atoms with Crippen LogP contribution in [-0.4, -0.2) is 0 Å². The van der Waals surface area contributed by atoms with Crippen molar-refractivity contribution in [1.29, 1.82) is 0 Å². The first-order chi connectivity index (χ1) is 19.9. The van der Waals surface area contributed by atoms with Gasteiger partial charge < -0.3 is 14.6 Å². The molecule has 7 aromatic rings. The number of benzene rings is 6. The number of hydrogen-bond acceptors (Lipinski definition) is 3. The molecule has 6 aromatic carbocycles. The minimum Gasteiger partial charge on any atom is -0.456 e. The van der Waals surface area contributed by atoms with Crippen LogP contribution in [0.15, 0.2) is 138 Å². The van der Waals surface area contributed by atoms with Gasteiger partial charge >= 0.3 is 0 Å². The van der Waals surface area contributed by atoms with Crippen LogP contribution in [0, 0.1) is 0 Å². The van der Waals surface area contributed by atoms with Gasteiger partial charge in [-0.25, -0.2) is 0 Å². The van der Waals surface area contributed by atoms with E-state index in [2.05, 4.69) is 164 Å². The Morgan fingerprint density at radius 3 is 1.95 bits per heavy atom. The molecule has 0 spiro atoms. The van der Waals surface area contributed by atoms with Gasteiger partial charge in [0.1, 0.15) is 11.2 Å². The topological polar surface area (TPSA) is 28.4 Å². The Labute approximate surface area is 240 Å². The van der Waals surface area contributed by atoms with E-state index in [-0.39, 0.29) is 5.41 Å². The first-order valence-electron chi connectivity index (χ1n) is 14.1. The summed E-state index contributed by atoms with van der Waals surface area (Å²) in [6.45, 7) is 6.74. The van der Waals surface area contributed by atoms with E-state index in [1.54, 1.807) is 0 Å². The highest BCUT2D eigenvalue weighted by Gasteiger charge is 2.18. The first kappa shape index (κ1) is 25.0. The predicted octanol–water partition coefficient (Wildman–Crippen LogP) is 11.3. The highest BCUT2D eigenvalue weighted by Crippen LogP contribution is 2.39. The Kier molecular flexibility index (Phi) is 6.01. The Morgan fingerprint density at radius 2 is 1.17 bits per heavy atom. The molecule has 0 bridgehead atoms. The Balaban J connectivity index is 1.27. The molecule has 3 nitrogen and oxygen atoms in total. The molecule has 0 aliphatic carbocycles. The molecular weight excluding hydrogens is 500 g/mol. The number of anilines is 5. The highest BCUT2D eigenvalue weighted by molar-refractivity contribution is 6.07. The van der Waals surface area contributed by atoms with Crippen LogP contribution in [0.5, 0.6) is 0 Å². The quantitative estimate of drug-likeness (QED) is 0.239. The van der Waals surface area contributed by atoms with E-state index in [4.69, 9.17) is 4.42 Å². The van der Waals surface area contributed by atoms with Gasteiger partial charge in [0.25, 0.3) is 0 Å². The fourth-order valence-electron chi connectivity index (χ4n) is 5.55. The third-order valence-electron chi connectivity index (χ3n) is 7.76. The van der Waals surface area contributed by atoms with Crippen LogP contribution in [-0.2, 0) is 5.41 Å². The normalized spacial score (nSPS) is 11.8. The lowest BCUT2D eigenvalue weighted by molar-refractivity contribution is 0.590. The molecule has 0 atom stereocenters. The van der Waals surface area contributed by atoms with Crippen molar-refractivity contribution in [2.75, 3.05) is 10.2 Å². The van der Waals surface area contributed by atoms with Gasteiger partial charge in [0.05, 0.1) is 0 Å². The number of hydrogen-bond donors (Lipinski definition) is 1. The summed E-state index contributed by atoms with van der Waals surface area (Å²) < 4.78 is 6.34. The summed E-state index contributed by atoms with van der Waals surface area (Å²) in [5.74, 6) is 0. The van der Waals surface area contributed by atoms with Crippen LogP contribution >= 0.6 is 0 Å². The van der Waals surface area contributed by atoms with E-state index in [1.807, 2.05) is 0 Å². The monoisotopic (exact) mass is 532 g/mol. The average molecular weight is 533 g/mol. The molecule has 1 N–H and O–H groups in total. The number of nitrogens with zero attached hydrogens (tertiary/aromatic N) is 1. The van der Waals surface area contributed by atoms with Crippen LogP contribution in [0.2, 0.25) is 0 Å². The van der Waals surface area contributed by atoms with Crippen molar-refractivity contribution in [3.63, 3.8) is 0 Å². The maximum Gasteiger partial charge on any atom is 0.137 e. The van der Waals surface area contributed by atoms with Crippen molar-refractivity contribution < 1.29 is 4.42 Å². The van der Waals surface area contributed by atoms with E-state index >= 15 is 0 Å². The van der Waals surface area contributed by atoms with Gasteiger partial charge in [0.15, 0.2) is 0 Å². The predicted molar refractivity (Wildman–Crippen MR) is 174 cm³/mol. The molecule has 0 unspecified atom stereocenters. The summed E-state index contributed by atoms with van der Waals surface area (Å²) in [5, 5.41) is 8.20. The summed E-state index contributed by atoms with van der Waals surface area (Å²) in [7, 11) is 0. The molecule has 0 saturated carbocycles. The molecule has 0 fully saturated rings. The fourth-order valence-corrected chi connectivity index (χ4v) is 5.55. The minimum absolute atomic E-state index is 0.104. The molecule has 41 heavy (non-hydrogen) atoms. The maximum absolute atomic E-state index is 6.34. The van der Waals surface area contributed by atoms with Crippen LogP contribution in [0.25, 0.3) is 32.7 Å². The average Bonchev–Trinajstić information content (AvgIpc) is 3.35. The smallest absolute Gasteiger partial charge is 0.137 e. The fraction of sp³-hybridized carbons (Fsp3) is 0.105. The molecule has 7 rings (SSSR count). The number of nitrogens with one attached hydrogen (secondary N) is 1. The van der Waals surface area contributed by atoms with Crippen molar-refractivity contribution in [2.24, 2.45) is 0 Å². The van der Waals surface area contributed by atoms with Crippen LogP contribution in [0.1, 0.15) is 26.3 Å². The second kappa shape index (κ2) is 9.87. The lowest BCUT2D eigenvalue weighted by Gasteiger charge is -2.27. The minimum atomic E-state index is 0.104. The zero-order chi connectivity index (χ0) is 28.0. The van der Waals surface area contributed by atoms with Crippen molar-refractivity contribution >= 4 is 61.1 Å². The lowest BCUT2D eigenvalue weighted by Crippen LogP contribution is -2.13. The first-order valence-corrected chi connectivity index (χ1v) is 14.1. The molecule has 0 amide bonds. The van der Waals surface area contributed by atoms with Crippen molar-refractivity contribution in [1.82, 2.24) is 0 Å². The second-order valence-electron chi connectivity index (χ2n) is 11.6. The molecule has 0 aliphatic rings. The molecule has 0 aliphatic heterocycles. The number of rotatable bonds is 5. The van der Waals surface area contributed by atoms with Gasteiger partial charge in [-0.3, -0.25) is 0 Å². The summed E-state index contributed by atoms with van der Waals surface area (Å²) in [6.07, 6.45) is 0.